The summed E-state index contributed by atoms with van der Waals surface area (Å²) >= 11 is 7.97. The van der Waals surface area contributed by atoms with Crippen molar-refractivity contribution in [1.29, 1.82) is 0 Å². The number of amides is 1. The number of halogens is 2. The number of nitrogens with one attached hydrogen (secondary N) is 1. The zero-order valence-electron chi connectivity index (χ0n) is 10.1. The first-order valence-corrected chi connectivity index (χ1v) is 6.57. The molecule has 0 radical (unpaired) electrons. The molecule has 1 rings (SSSR count). The molecular weight excluding hydrogens is 319 g/mol. The van der Waals surface area contributed by atoms with Crippen molar-refractivity contribution in [2.24, 2.45) is 5.73 Å². The molecule has 6 heteroatoms. The van der Waals surface area contributed by atoms with Crippen molar-refractivity contribution in [3.05, 3.63) is 34.1 Å². The second-order valence-corrected chi connectivity index (χ2v) is 5.43. The van der Waals surface area contributed by atoms with Gasteiger partial charge in [0.25, 0.3) is 5.91 Å². The van der Waals surface area contributed by atoms with Crippen molar-refractivity contribution in [1.82, 2.24) is 5.32 Å². The first-order valence-electron chi connectivity index (χ1n) is 5.37. The third-order valence-electron chi connectivity index (χ3n) is 2.82. The SMILES string of the molecule is CCC(C)(NC(=O)c1ccc(F)c(Br)c1)C(N)=S. The molecule has 3 N–H and O–H groups in total. The Labute approximate surface area is 119 Å². The third kappa shape index (κ3) is 3.26. The van der Waals surface area contributed by atoms with E-state index < -0.39 is 11.4 Å². The fraction of sp³-hybridized carbons (Fsp3) is 0.333. The van der Waals surface area contributed by atoms with Gasteiger partial charge in [0, 0.05) is 5.56 Å². The number of carbonyl (C=O) groups excluding carboxylic acids is 1. The molecule has 18 heavy (non-hydrogen) atoms. The highest BCUT2D eigenvalue weighted by Gasteiger charge is 2.28. The van der Waals surface area contributed by atoms with E-state index in [0.717, 1.165) is 0 Å². The summed E-state index contributed by atoms with van der Waals surface area (Å²) in [6.07, 6.45) is 0.580. The van der Waals surface area contributed by atoms with Gasteiger partial charge in [0.05, 0.1) is 15.0 Å². The Balaban J connectivity index is 2.95. The quantitative estimate of drug-likeness (QED) is 0.833. The lowest BCUT2D eigenvalue weighted by atomic mass is 9.98. The van der Waals surface area contributed by atoms with Crippen molar-refractivity contribution in [3.8, 4) is 0 Å². The van der Waals surface area contributed by atoms with E-state index >= 15 is 0 Å². The number of nitrogens with two attached hydrogens (primary N) is 1. The topological polar surface area (TPSA) is 55.1 Å². The lowest BCUT2D eigenvalue weighted by molar-refractivity contribution is 0.0926. The molecule has 0 saturated carbocycles. The van der Waals surface area contributed by atoms with Crippen LogP contribution in [0.3, 0.4) is 0 Å². The van der Waals surface area contributed by atoms with Crippen LogP contribution in [0.5, 0.6) is 0 Å². The number of rotatable bonds is 4. The normalized spacial score (nSPS) is 13.8. The van der Waals surface area contributed by atoms with Gasteiger partial charge in [-0.25, -0.2) is 4.39 Å². The molecule has 0 bridgehead atoms. The molecule has 0 saturated heterocycles. The summed E-state index contributed by atoms with van der Waals surface area (Å²) in [5, 5.41) is 2.76. The maximum absolute atomic E-state index is 13.1. The van der Waals surface area contributed by atoms with Crippen molar-refractivity contribution in [3.63, 3.8) is 0 Å². The smallest absolute Gasteiger partial charge is 0.252 e. The minimum absolute atomic E-state index is 0.222. The van der Waals surface area contributed by atoms with E-state index in [0.29, 0.717) is 12.0 Å². The fourth-order valence-electron chi connectivity index (χ4n) is 1.28. The van der Waals surface area contributed by atoms with Gasteiger partial charge >= 0.3 is 0 Å². The zero-order valence-corrected chi connectivity index (χ0v) is 12.5. The fourth-order valence-corrected chi connectivity index (χ4v) is 1.86. The Kier molecular flexibility index (Phi) is 4.81. The molecular formula is C12H14BrFN2OS. The molecule has 1 aromatic rings. The average Bonchev–Trinajstić information content (AvgIpc) is 2.32. The standard InChI is InChI=1S/C12H14BrFN2OS/c1-3-12(2,11(15)18)16-10(17)7-4-5-9(14)8(13)6-7/h4-6H,3H2,1-2H3,(H2,15,18)(H,16,17). The molecule has 0 aromatic heterocycles. The highest BCUT2D eigenvalue weighted by Crippen LogP contribution is 2.18. The number of carbonyl (C=O) groups is 1. The molecule has 1 aromatic carbocycles. The number of benzene rings is 1. The maximum atomic E-state index is 13.1. The van der Waals surface area contributed by atoms with E-state index in [1.54, 1.807) is 6.92 Å². The Morgan fingerprint density at radius 3 is 2.67 bits per heavy atom. The molecule has 3 nitrogen and oxygen atoms in total. The zero-order chi connectivity index (χ0) is 13.9. The van der Waals surface area contributed by atoms with Crippen molar-refractivity contribution in [2.75, 3.05) is 0 Å². The highest BCUT2D eigenvalue weighted by molar-refractivity contribution is 9.10. The molecule has 1 unspecified atom stereocenters. The molecule has 0 fully saturated rings. The summed E-state index contributed by atoms with van der Waals surface area (Å²) in [5.41, 5.74) is 5.21. The van der Waals surface area contributed by atoms with Crippen LogP contribution in [0.4, 0.5) is 4.39 Å². The van der Waals surface area contributed by atoms with E-state index in [4.69, 9.17) is 18.0 Å². The van der Waals surface area contributed by atoms with Gasteiger partial charge in [0.2, 0.25) is 0 Å². The van der Waals surface area contributed by atoms with Crippen LogP contribution in [0.2, 0.25) is 0 Å². The van der Waals surface area contributed by atoms with Gasteiger partial charge in [-0.1, -0.05) is 19.1 Å². The summed E-state index contributed by atoms with van der Waals surface area (Å²) in [7, 11) is 0. The van der Waals surface area contributed by atoms with Gasteiger partial charge in [0.1, 0.15) is 5.82 Å². The van der Waals surface area contributed by atoms with E-state index in [-0.39, 0.29) is 15.4 Å². The predicted molar refractivity (Wildman–Crippen MR) is 77.0 cm³/mol. The number of hydrogen-bond donors (Lipinski definition) is 2. The molecule has 0 heterocycles. The second-order valence-electron chi connectivity index (χ2n) is 4.13. The van der Waals surface area contributed by atoms with Gasteiger partial charge in [-0.05, 0) is 47.5 Å². The van der Waals surface area contributed by atoms with Crippen molar-refractivity contribution >= 4 is 39.0 Å². The molecule has 0 aliphatic rings. The summed E-state index contributed by atoms with van der Waals surface area (Å²) in [6.45, 7) is 3.63. The molecule has 0 aliphatic heterocycles. The Bertz CT molecular complexity index is 495. The monoisotopic (exact) mass is 332 g/mol. The largest absolute Gasteiger partial charge is 0.391 e. The molecule has 0 spiro atoms. The van der Waals surface area contributed by atoms with Crippen molar-refractivity contribution in [2.45, 2.75) is 25.8 Å². The van der Waals surface area contributed by atoms with Crippen LogP contribution in [-0.2, 0) is 0 Å². The first kappa shape index (κ1) is 15.0. The minimum Gasteiger partial charge on any atom is -0.391 e. The Morgan fingerprint density at radius 1 is 1.61 bits per heavy atom. The van der Waals surface area contributed by atoms with E-state index in [2.05, 4.69) is 21.2 Å². The highest BCUT2D eigenvalue weighted by atomic mass is 79.9. The van der Waals surface area contributed by atoms with Gasteiger partial charge in [0.15, 0.2) is 0 Å². The number of hydrogen-bond acceptors (Lipinski definition) is 2. The molecule has 1 amide bonds. The van der Waals surface area contributed by atoms with Crippen LogP contribution < -0.4 is 11.1 Å². The summed E-state index contributed by atoms with van der Waals surface area (Å²) in [6, 6.07) is 4.05. The van der Waals surface area contributed by atoms with Gasteiger partial charge in [-0.15, -0.1) is 0 Å². The molecule has 98 valence electrons. The van der Waals surface area contributed by atoms with Crippen LogP contribution in [0.15, 0.2) is 22.7 Å². The third-order valence-corrected chi connectivity index (χ3v) is 3.88. The van der Waals surface area contributed by atoms with Crippen LogP contribution in [0, 0.1) is 5.82 Å². The molecule has 1 atom stereocenters. The van der Waals surface area contributed by atoms with E-state index in [1.807, 2.05) is 6.92 Å². The lowest BCUT2D eigenvalue weighted by Crippen LogP contribution is -2.54. The second kappa shape index (κ2) is 5.75. The Morgan fingerprint density at radius 2 is 2.22 bits per heavy atom. The van der Waals surface area contributed by atoms with Crippen LogP contribution in [0.1, 0.15) is 30.6 Å². The summed E-state index contributed by atoms with van der Waals surface area (Å²) in [4.78, 5) is 12.2. The van der Waals surface area contributed by atoms with E-state index in [1.165, 1.54) is 18.2 Å². The first-order chi connectivity index (χ1) is 8.30. The Hall–Kier alpha value is -1.01. The minimum atomic E-state index is -0.743. The summed E-state index contributed by atoms with van der Waals surface area (Å²) < 4.78 is 13.3. The van der Waals surface area contributed by atoms with Crippen LogP contribution in [0.25, 0.3) is 0 Å². The van der Waals surface area contributed by atoms with Gasteiger partial charge in [-0.3, -0.25) is 4.79 Å². The number of thiocarbonyl (C=S) groups is 1. The van der Waals surface area contributed by atoms with Gasteiger partial charge in [-0.2, -0.15) is 0 Å². The van der Waals surface area contributed by atoms with Crippen LogP contribution in [-0.4, -0.2) is 16.4 Å². The van der Waals surface area contributed by atoms with Crippen molar-refractivity contribution < 1.29 is 9.18 Å². The maximum Gasteiger partial charge on any atom is 0.252 e. The lowest BCUT2D eigenvalue weighted by Gasteiger charge is -2.28. The predicted octanol–water partition coefficient (Wildman–Crippen LogP) is 2.77. The van der Waals surface area contributed by atoms with E-state index in [9.17, 15) is 9.18 Å². The molecule has 0 aliphatic carbocycles. The van der Waals surface area contributed by atoms with Crippen LogP contribution >= 0.6 is 28.1 Å². The van der Waals surface area contributed by atoms with Gasteiger partial charge < -0.3 is 11.1 Å². The average molecular weight is 333 g/mol. The summed E-state index contributed by atoms with van der Waals surface area (Å²) in [5.74, 6) is -0.757.